The Hall–Kier alpha value is -1.32. The van der Waals surface area contributed by atoms with Gasteiger partial charge in [-0.05, 0) is 12.0 Å². The van der Waals surface area contributed by atoms with Crippen LogP contribution in [0.25, 0.3) is 0 Å². The summed E-state index contributed by atoms with van der Waals surface area (Å²) in [6, 6.07) is 0. The van der Waals surface area contributed by atoms with Gasteiger partial charge in [-0.2, -0.15) is 5.10 Å². The third kappa shape index (κ3) is 2.38. The van der Waals surface area contributed by atoms with Crippen molar-refractivity contribution < 1.29 is 4.79 Å². The van der Waals surface area contributed by atoms with Crippen LogP contribution in [-0.4, -0.2) is 15.7 Å². The minimum atomic E-state index is -0.288. The molecule has 1 amide bonds. The maximum absolute atomic E-state index is 10.4. The van der Waals surface area contributed by atoms with Crippen LogP contribution in [0.2, 0.25) is 0 Å². The highest BCUT2D eigenvalue weighted by Crippen LogP contribution is 1.98. The van der Waals surface area contributed by atoms with E-state index < -0.39 is 0 Å². The minimum absolute atomic E-state index is 0.288. The summed E-state index contributed by atoms with van der Waals surface area (Å²) in [5.74, 6) is -0.288. The third-order valence-electron chi connectivity index (χ3n) is 1.68. The van der Waals surface area contributed by atoms with E-state index in [2.05, 4.69) is 12.0 Å². The first-order valence-corrected chi connectivity index (χ1v) is 4.02. The van der Waals surface area contributed by atoms with Crippen LogP contribution < -0.4 is 5.73 Å². The molecule has 2 N–H and O–H groups in total. The average Bonchev–Trinajstić information content (AvgIpc) is 2.48. The van der Waals surface area contributed by atoms with Gasteiger partial charge in [-0.15, -0.1) is 0 Å². The van der Waals surface area contributed by atoms with Gasteiger partial charge in [-0.3, -0.25) is 9.48 Å². The summed E-state index contributed by atoms with van der Waals surface area (Å²) in [4.78, 5) is 10.4. The lowest BCUT2D eigenvalue weighted by molar-refractivity contribution is -0.118. The van der Waals surface area contributed by atoms with E-state index in [1.54, 1.807) is 10.9 Å². The minimum Gasteiger partial charge on any atom is -0.370 e. The molecule has 0 aliphatic carbocycles. The van der Waals surface area contributed by atoms with Crippen LogP contribution in [0.3, 0.4) is 0 Å². The third-order valence-corrected chi connectivity index (χ3v) is 1.68. The molecule has 0 aromatic carbocycles. The van der Waals surface area contributed by atoms with Crippen LogP contribution in [0.15, 0.2) is 12.4 Å². The number of hydrogen-bond donors (Lipinski definition) is 1. The van der Waals surface area contributed by atoms with E-state index in [1.807, 2.05) is 6.20 Å². The van der Waals surface area contributed by atoms with Crippen molar-refractivity contribution in [2.45, 2.75) is 26.3 Å². The van der Waals surface area contributed by atoms with Crippen LogP contribution in [0, 0.1) is 0 Å². The molecule has 1 heterocycles. The van der Waals surface area contributed by atoms with Crippen molar-refractivity contribution in [1.82, 2.24) is 9.78 Å². The van der Waals surface area contributed by atoms with Crippen molar-refractivity contribution in [2.75, 3.05) is 0 Å². The largest absolute Gasteiger partial charge is 0.370 e. The van der Waals surface area contributed by atoms with Gasteiger partial charge in [0.05, 0.1) is 6.20 Å². The number of nitrogens with two attached hydrogens (primary N) is 1. The van der Waals surface area contributed by atoms with E-state index in [0.29, 0.717) is 13.0 Å². The lowest BCUT2D eigenvalue weighted by atomic mass is 10.3. The molecule has 12 heavy (non-hydrogen) atoms. The van der Waals surface area contributed by atoms with E-state index in [4.69, 9.17) is 5.73 Å². The second kappa shape index (κ2) is 3.90. The lowest BCUT2D eigenvalue weighted by Crippen LogP contribution is -2.14. The zero-order chi connectivity index (χ0) is 8.97. The average molecular weight is 167 g/mol. The Balaban J connectivity index is 2.47. The summed E-state index contributed by atoms with van der Waals surface area (Å²) >= 11 is 0. The fraction of sp³-hybridized carbons (Fsp3) is 0.500. The summed E-state index contributed by atoms with van der Waals surface area (Å²) in [6.45, 7) is 2.64. The van der Waals surface area contributed by atoms with E-state index in [0.717, 1.165) is 6.42 Å². The first-order chi connectivity index (χ1) is 5.72. The predicted molar refractivity (Wildman–Crippen MR) is 45.4 cm³/mol. The number of rotatable bonds is 4. The zero-order valence-electron chi connectivity index (χ0n) is 7.16. The molecule has 0 radical (unpaired) electrons. The van der Waals surface area contributed by atoms with Gasteiger partial charge < -0.3 is 5.73 Å². The smallest absolute Gasteiger partial charge is 0.219 e. The van der Waals surface area contributed by atoms with Gasteiger partial charge in [0.1, 0.15) is 0 Å². The summed E-state index contributed by atoms with van der Waals surface area (Å²) < 4.78 is 1.74. The molecule has 0 aliphatic heterocycles. The number of carbonyl (C=O) groups excluding carboxylic acids is 1. The fourth-order valence-corrected chi connectivity index (χ4v) is 0.936. The summed E-state index contributed by atoms with van der Waals surface area (Å²) in [5.41, 5.74) is 6.18. The van der Waals surface area contributed by atoms with Crippen LogP contribution in [0.5, 0.6) is 0 Å². The van der Waals surface area contributed by atoms with E-state index >= 15 is 0 Å². The number of nitrogens with zero attached hydrogens (tertiary/aromatic N) is 2. The highest BCUT2D eigenvalue weighted by atomic mass is 16.1. The number of aryl methyl sites for hydroxylation is 2. The molecule has 0 atom stereocenters. The molecule has 0 bridgehead atoms. The maximum Gasteiger partial charge on any atom is 0.219 e. The Kier molecular flexibility index (Phi) is 2.85. The normalized spacial score (nSPS) is 10.1. The Morgan fingerprint density at radius 2 is 2.50 bits per heavy atom. The molecule has 4 heteroatoms. The molecule has 0 aliphatic rings. The molecule has 0 saturated heterocycles. The quantitative estimate of drug-likeness (QED) is 0.702. The summed E-state index contributed by atoms with van der Waals surface area (Å²) in [5, 5.41) is 4.07. The molecule has 0 fully saturated rings. The van der Waals surface area contributed by atoms with E-state index in [1.165, 1.54) is 5.56 Å². The van der Waals surface area contributed by atoms with Crippen molar-refractivity contribution in [3.05, 3.63) is 18.0 Å². The van der Waals surface area contributed by atoms with Gasteiger partial charge in [0, 0.05) is 19.2 Å². The Morgan fingerprint density at radius 3 is 3.00 bits per heavy atom. The van der Waals surface area contributed by atoms with Gasteiger partial charge in [-0.1, -0.05) is 6.92 Å². The molecule has 0 unspecified atom stereocenters. The Morgan fingerprint density at radius 1 is 1.75 bits per heavy atom. The number of amides is 1. The van der Waals surface area contributed by atoms with Gasteiger partial charge in [0.2, 0.25) is 5.91 Å². The van der Waals surface area contributed by atoms with Gasteiger partial charge >= 0.3 is 0 Å². The van der Waals surface area contributed by atoms with Crippen molar-refractivity contribution in [1.29, 1.82) is 0 Å². The van der Waals surface area contributed by atoms with Crippen molar-refractivity contribution in [3.63, 3.8) is 0 Å². The predicted octanol–water partition coefficient (Wildman–Crippen LogP) is 0.321. The second-order valence-corrected chi connectivity index (χ2v) is 2.68. The first kappa shape index (κ1) is 8.77. The van der Waals surface area contributed by atoms with Crippen molar-refractivity contribution in [2.24, 2.45) is 5.73 Å². The zero-order valence-corrected chi connectivity index (χ0v) is 7.16. The molecule has 1 aromatic heterocycles. The molecule has 4 nitrogen and oxygen atoms in total. The molecule has 1 rings (SSSR count). The highest BCUT2D eigenvalue weighted by Gasteiger charge is 1.98. The number of primary amides is 1. The van der Waals surface area contributed by atoms with Gasteiger partial charge in [0.15, 0.2) is 0 Å². The number of aromatic nitrogens is 2. The molecular formula is C8H13N3O. The van der Waals surface area contributed by atoms with Crippen LogP contribution in [-0.2, 0) is 17.8 Å². The standard InChI is InChI=1S/C8H13N3O/c1-2-7-5-10-11(6-7)4-3-8(9)12/h5-6H,2-4H2,1H3,(H2,9,12). The second-order valence-electron chi connectivity index (χ2n) is 2.68. The molecular weight excluding hydrogens is 154 g/mol. The highest BCUT2D eigenvalue weighted by molar-refractivity contribution is 5.73. The molecule has 0 spiro atoms. The number of carbonyl (C=O) groups is 1. The van der Waals surface area contributed by atoms with Crippen LogP contribution >= 0.6 is 0 Å². The van der Waals surface area contributed by atoms with Gasteiger partial charge in [0.25, 0.3) is 0 Å². The lowest BCUT2D eigenvalue weighted by Gasteiger charge is -1.96. The van der Waals surface area contributed by atoms with E-state index in [9.17, 15) is 4.79 Å². The van der Waals surface area contributed by atoms with Crippen LogP contribution in [0.1, 0.15) is 18.9 Å². The van der Waals surface area contributed by atoms with E-state index in [-0.39, 0.29) is 5.91 Å². The molecule has 66 valence electrons. The first-order valence-electron chi connectivity index (χ1n) is 4.02. The monoisotopic (exact) mass is 167 g/mol. The summed E-state index contributed by atoms with van der Waals surface area (Å²) in [7, 11) is 0. The van der Waals surface area contributed by atoms with Crippen LogP contribution in [0.4, 0.5) is 0 Å². The van der Waals surface area contributed by atoms with Crippen molar-refractivity contribution in [3.8, 4) is 0 Å². The summed E-state index contributed by atoms with van der Waals surface area (Å²) in [6.07, 6.45) is 5.06. The van der Waals surface area contributed by atoms with Crippen molar-refractivity contribution >= 4 is 5.91 Å². The van der Waals surface area contributed by atoms with Gasteiger partial charge in [-0.25, -0.2) is 0 Å². The Bertz CT molecular complexity index is 267. The molecule has 1 aromatic rings. The molecule has 0 saturated carbocycles. The Labute approximate surface area is 71.4 Å². The SMILES string of the molecule is CCc1cnn(CCC(N)=O)c1. The topological polar surface area (TPSA) is 60.9 Å². The number of hydrogen-bond acceptors (Lipinski definition) is 2. The maximum atomic E-state index is 10.4. The fourth-order valence-electron chi connectivity index (χ4n) is 0.936.